The van der Waals surface area contributed by atoms with Gasteiger partial charge in [-0.15, -0.1) is 0 Å². The van der Waals surface area contributed by atoms with Gasteiger partial charge in [-0.2, -0.15) is 0 Å². The molecule has 1 N–H and O–H groups in total. The number of halogens is 1. The van der Waals surface area contributed by atoms with Crippen molar-refractivity contribution in [3.8, 4) is 0 Å². The molecule has 0 aliphatic carbocycles. The van der Waals surface area contributed by atoms with Gasteiger partial charge in [-0.3, -0.25) is 14.4 Å². The monoisotopic (exact) mass is 361 g/mol. The summed E-state index contributed by atoms with van der Waals surface area (Å²) in [6.45, 7) is 8.68. The molecule has 6 nitrogen and oxygen atoms in total. The fourth-order valence-electron chi connectivity index (χ4n) is 2.99. The van der Waals surface area contributed by atoms with Crippen molar-refractivity contribution in [2.45, 2.75) is 26.3 Å². The van der Waals surface area contributed by atoms with E-state index in [4.69, 9.17) is 0 Å². The number of hydrogen-bond acceptors (Lipinski definition) is 3. The van der Waals surface area contributed by atoms with Crippen molar-refractivity contribution in [3.05, 3.63) is 42.7 Å². The average Bonchev–Trinajstić information content (AvgIpc) is 2.62. The third-order valence-corrected chi connectivity index (χ3v) is 4.44. The number of amides is 3. The zero-order chi connectivity index (χ0) is 19.3. The van der Waals surface area contributed by atoms with Crippen LogP contribution in [0.25, 0.3) is 0 Å². The van der Waals surface area contributed by atoms with Crippen molar-refractivity contribution in [2.75, 3.05) is 25.0 Å². The fourth-order valence-corrected chi connectivity index (χ4v) is 2.99. The van der Waals surface area contributed by atoms with E-state index in [9.17, 15) is 18.8 Å². The predicted octanol–water partition coefficient (Wildman–Crippen LogP) is 2.04. The Morgan fingerprint density at radius 1 is 1.27 bits per heavy atom. The number of benzene rings is 1. The van der Waals surface area contributed by atoms with Crippen molar-refractivity contribution in [1.82, 2.24) is 9.80 Å². The first kappa shape index (κ1) is 19.6. The normalized spacial score (nSPS) is 17.2. The second-order valence-electron chi connectivity index (χ2n) is 6.62. The number of carbonyl (C=O) groups excluding carboxylic acids is 3. The van der Waals surface area contributed by atoms with E-state index < -0.39 is 11.7 Å². The Hall–Kier alpha value is -2.70. The molecular formula is C19H24FN3O3. The molecule has 2 rings (SSSR count). The molecule has 7 heteroatoms. The lowest BCUT2D eigenvalue weighted by atomic mass is 9.99. The first-order valence-corrected chi connectivity index (χ1v) is 8.58. The van der Waals surface area contributed by atoms with Crippen molar-refractivity contribution < 1.29 is 18.8 Å². The highest BCUT2D eigenvalue weighted by atomic mass is 19.1. The van der Waals surface area contributed by atoms with Crippen molar-refractivity contribution in [1.29, 1.82) is 0 Å². The molecule has 140 valence electrons. The molecule has 1 aliphatic heterocycles. The number of rotatable bonds is 5. The highest BCUT2D eigenvalue weighted by Gasteiger charge is 2.33. The molecule has 1 heterocycles. The van der Waals surface area contributed by atoms with Gasteiger partial charge in [0.2, 0.25) is 17.7 Å². The van der Waals surface area contributed by atoms with E-state index in [0.29, 0.717) is 25.3 Å². The molecule has 3 amide bonds. The van der Waals surface area contributed by atoms with Crippen LogP contribution in [0.3, 0.4) is 0 Å². The Morgan fingerprint density at radius 3 is 2.50 bits per heavy atom. The van der Waals surface area contributed by atoms with Crippen LogP contribution in [0.5, 0.6) is 0 Å². The van der Waals surface area contributed by atoms with Gasteiger partial charge in [-0.25, -0.2) is 4.39 Å². The van der Waals surface area contributed by atoms with Gasteiger partial charge in [-0.1, -0.05) is 20.4 Å². The van der Waals surface area contributed by atoms with Gasteiger partial charge >= 0.3 is 0 Å². The van der Waals surface area contributed by atoms with Crippen LogP contribution in [0.2, 0.25) is 0 Å². The molecule has 1 aromatic rings. The summed E-state index contributed by atoms with van der Waals surface area (Å²) in [6, 6.07) is 5.23. The number of nitrogens with zero attached hydrogens (tertiary/aromatic N) is 2. The second-order valence-corrected chi connectivity index (χ2v) is 6.62. The second kappa shape index (κ2) is 8.60. The summed E-state index contributed by atoms with van der Waals surface area (Å²) in [4.78, 5) is 39.8. The molecule has 0 spiro atoms. The summed E-state index contributed by atoms with van der Waals surface area (Å²) in [6.07, 6.45) is 0.987. The zero-order valence-electron chi connectivity index (χ0n) is 15.1. The van der Waals surface area contributed by atoms with Gasteiger partial charge in [0.15, 0.2) is 0 Å². The Bertz CT molecular complexity index is 688. The molecular weight excluding hydrogens is 337 g/mol. The molecule has 1 aliphatic rings. The number of hydrogen-bond donors (Lipinski definition) is 1. The molecule has 0 unspecified atom stereocenters. The Balaban J connectivity index is 1.94. The smallest absolute Gasteiger partial charge is 0.246 e. The largest absolute Gasteiger partial charge is 0.338 e. The van der Waals surface area contributed by atoms with Gasteiger partial charge in [0, 0.05) is 25.3 Å². The quantitative estimate of drug-likeness (QED) is 0.644. The Labute approximate surface area is 152 Å². The SMILES string of the molecule is C=CC(=O)N1CCN(C(=O)CC(=O)Nc2ccc(F)cc2)C[C@@H]1C(C)C. The minimum Gasteiger partial charge on any atom is -0.338 e. The van der Waals surface area contributed by atoms with E-state index in [0.717, 1.165) is 0 Å². The zero-order valence-corrected chi connectivity index (χ0v) is 15.1. The molecule has 1 atom stereocenters. The van der Waals surface area contributed by atoms with E-state index in [1.807, 2.05) is 13.8 Å². The van der Waals surface area contributed by atoms with Gasteiger partial charge < -0.3 is 15.1 Å². The summed E-state index contributed by atoms with van der Waals surface area (Å²) in [7, 11) is 0. The lowest BCUT2D eigenvalue weighted by Gasteiger charge is -2.43. The van der Waals surface area contributed by atoms with Crippen LogP contribution in [0.15, 0.2) is 36.9 Å². The topological polar surface area (TPSA) is 69.7 Å². The molecule has 0 aromatic heterocycles. The van der Waals surface area contributed by atoms with E-state index in [1.54, 1.807) is 9.80 Å². The maximum absolute atomic E-state index is 12.9. The van der Waals surface area contributed by atoms with E-state index >= 15 is 0 Å². The Morgan fingerprint density at radius 2 is 1.92 bits per heavy atom. The van der Waals surface area contributed by atoms with Gasteiger partial charge in [0.25, 0.3) is 0 Å². The summed E-state index contributed by atoms with van der Waals surface area (Å²) in [5, 5.41) is 2.58. The lowest BCUT2D eigenvalue weighted by Crippen LogP contribution is -2.58. The lowest BCUT2D eigenvalue weighted by molar-refractivity contribution is -0.143. The highest BCUT2D eigenvalue weighted by Crippen LogP contribution is 2.18. The van der Waals surface area contributed by atoms with Crippen molar-refractivity contribution in [2.24, 2.45) is 5.92 Å². The van der Waals surface area contributed by atoms with Crippen LogP contribution in [-0.2, 0) is 14.4 Å². The summed E-state index contributed by atoms with van der Waals surface area (Å²) in [5.41, 5.74) is 0.436. The van der Waals surface area contributed by atoms with Crippen LogP contribution >= 0.6 is 0 Å². The minimum absolute atomic E-state index is 0.113. The van der Waals surface area contributed by atoms with Gasteiger partial charge in [0.05, 0.1) is 6.04 Å². The average molecular weight is 361 g/mol. The molecule has 1 fully saturated rings. The van der Waals surface area contributed by atoms with Crippen LogP contribution in [0, 0.1) is 11.7 Å². The molecule has 0 bridgehead atoms. The maximum Gasteiger partial charge on any atom is 0.246 e. The van der Waals surface area contributed by atoms with E-state index in [1.165, 1.54) is 30.3 Å². The number of piperazine rings is 1. The molecule has 0 radical (unpaired) electrons. The first-order chi connectivity index (χ1) is 12.3. The summed E-state index contributed by atoms with van der Waals surface area (Å²) >= 11 is 0. The standard InChI is InChI=1S/C19H24FN3O3/c1-4-18(25)23-10-9-22(12-16(23)13(2)3)19(26)11-17(24)21-15-7-5-14(20)6-8-15/h4-8,13,16H,1,9-12H2,2-3H3,(H,21,24)/t16-/m1/s1. The van der Waals surface area contributed by atoms with Crippen LogP contribution in [0.4, 0.5) is 10.1 Å². The number of carbonyl (C=O) groups is 3. The number of nitrogens with one attached hydrogen (secondary N) is 1. The van der Waals surface area contributed by atoms with E-state index in [2.05, 4.69) is 11.9 Å². The molecule has 1 aromatic carbocycles. The first-order valence-electron chi connectivity index (χ1n) is 8.58. The van der Waals surface area contributed by atoms with Gasteiger partial charge in [0.1, 0.15) is 12.2 Å². The molecule has 1 saturated heterocycles. The predicted molar refractivity (Wildman–Crippen MR) is 96.8 cm³/mol. The summed E-state index contributed by atoms with van der Waals surface area (Å²) < 4.78 is 12.9. The molecule has 26 heavy (non-hydrogen) atoms. The third-order valence-electron chi connectivity index (χ3n) is 4.44. The minimum atomic E-state index is -0.452. The maximum atomic E-state index is 12.9. The molecule has 0 saturated carbocycles. The number of anilines is 1. The van der Waals surface area contributed by atoms with Crippen LogP contribution in [-0.4, -0.2) is 53.2 Å². The van der Waals surface area contributed by atoms with Crippen LogP contribution in [0.1, 0.15) is 20.3 Å². The third kappa shape index (κ3) is 4.91. The van der Waals surface area contributed by atoms with E-state index in [-0.39, 0.29) is 30.2 Å². The van der Waals surface area contributed by atoms with Crippen molar-refractivity contribution >= 4 is 23.4 Å². The fraction of sp³-hybridized carbons (Fsp3) is 0.421. The summed E-state index contributed by atoms with van der Waals surface area (Å²) in [5.74, 6) is -1.12. The van der Waals surface area contributed by atoms with Crippen LogP contribution < -0.4 is 5.32 Å². The highest BCUT2D eigenvalue weighted by molar-refractivity contribution is 6.03. The Kier molecular flexibility index (Phi) is 6.49. The van der Waals surface area contributed by atoms with Crippen molar-refractivity contribution in [3.63, 3.8) is 0 Å². The van der Waals surface area contributed by atoms with Gasteiger partial charge in [-0.05, 0) is 36.3 Å².